The van der Waals surface area contributed by atoms with Crippen LogP contribution in [0.25, 0.3) is 10.9 Å². The molecular weight excluding hydrogens is 293 g/mol. The molecule has 2 aromatic rings. The monoisotopic (exact) mass is 311 g/mol. The molecule has 0 N–H and O–H groups in total. The molecule has 0 radical (unpaired) electrons. The van der Waals surface area contributed by atoms with Crippen LogP contribution in [0.1, 0.15) is 19.4 Å². The molecule has 1 heterocycles. The van der Waals surface area contributed by atoms with Crippen molar-refractivity contribution in [2.24, 2.45) is 0 Å². The van der Waals surface area contributed by atoms with Gasteiger partial charge in [-0.2, -0.15) is 0 Å². The Morgan fingerprint density at radius 3 is 2.43 bits per heavy atom. The number of nitrogens with zero attached hydrogens (tertiary/aromatic N) is 1. The number of benzene rings is 1. The van der Waals surface area contributed by atoms with Gasteiger partial charge in [0.05, 0.1) is 24.9 Å². The van der Waals surface area contributed by atoms with E-state index in [-0.39, 0.29) is 19.4 Å². The van der Waals surface area contributed by atoms with E-state index in [0.29, 0.717) is 0 Å². The van der Waals surface area contributed by atoms with E-state index in [0.717, 1.165) is 16.5 Å². The van der Waals surface area contributed by atoms with E-state index in [4.69, 9.17) is 19.1 Å². The number of aromatic nitrogens is 1. The van der Waals surface area contributed by atoms with E-state index < -0.39 is 7.60 Å². The van der Waals surface area contributed by atoms with Crippen molar-refractivity contribution >= 4 is 18.5 Å². The highest BCUT2D eigenvalue weighted by molar-refractivity contribution is 7.52. The lowest BCUT2D eigenvalue weighted by Crippen LogP contribution is -2.02. The molecule has 0 saturated heterocycles. The summed E-state index contributed by atoms with van der Waals surface area (Å²) in [6.07, 6.45) is 1.66. The second-order valence-corrected chi connectivity index (χ2v) is 6.10. The summed E-state index contributed by atoms with van der Waals surface area (Å²) in [4.78, 5) is 13.8. The average Bonchev–Trinajstić information content (AvgIpc) is 2.51. The number of pyridine rings is 1. The van der Waals surface area contributed by atoms with Gasteiger partial charge in [-0.05, 0) is 31.5 Å². The molecule has 2 rings (SSSR count). The first-order valence-corrected chi connectivity index (χ1v) is 8.45. The fraction of sp³-hybridized carbons (Fsp3) is 0.357. The summed E-state index contributed by atoms with van der Waals surface area (Å²) < 4.78 is 22.3. The molecule has 0 amide bonds. The highest BCUT2D eigenvalue weighted by Crippen LogP contribution is 2.51. The summed E-state index contributed by atoms with van der Waals surface area (Å²) in [5.41, 5.74) is 1.59. The molecule has 1 aromatic carbocycles. The Morgan fingerprint density at radius 2 is 1.76 bits per heavy atom. The predicted octanol–water partition coefficient (Wildman–Crippen LogP) is 3.86. The standard InChI is InChI=1S/C14H18NO5P/c1-3-17-19-21(16,20-18-4-2)11-12-9-13-7-5-6-8-14(13)15-10-12/h5-10H,3-4,11H2,1-2H3. The highest BCUT2D eigenvalue weighted by atomic mass is 31.2. The van der Waals surface area contributed by atoms with Gasteiger partial charge in [-0.1, -0.05) is 18.2 Å². The molecule has 6 nitrogen and oxygen atoms in total. The summed E-state index contributed by atoms with van der Waals surface area (Å²) in [7, 11) is -3.54. The molecule has 114 valence electrons. The van der Waals surface area contributed by atoms with Crippen molar-refractivity contribution in [1.82, 2.24) is 4.98 Å². The van der Waals surface area contributed by atoms with Crippen LogP contribution in [0.4, 0.5) is 0 Å². The normalized spacial score (nSPS) is 11.9. The third kappa shape index (κ3) is 4.59. The van der Waals surface area contributed by atoms with Crippen molar-refractivity contribution in [2.75, 3.05) is 13.2 Å². The summed E-state index contributed by atoms with van der Waals surface area (Å²) >= 11 is 0. The first-order valence-electron chi connectivity index (χ1n) is 6.72. The third-order valence-corrected chi connectivity index (χ3v) is 4.01. The lowest BCUT2D eigenvalue weighted by atomic mass is 10.2. The van der Waals surface area contributed by atoms with Gasteiger partial charge in [0.25, 0.3) is 0 Å². The maximum absolute atomic E-state index is 12.5. The minimum Gasteiger partial charge on any atom is -0.256 e. The smallest absolute Gasteiger partial charge is 0.256 e. The lowest BCUT2D eigenvalue weighted by Gasteiger charge is -2.15. The fourth-order valence-corrected chi connectivity index (χ4v) is 3.04. The van der Waals surface area contributed by atoms with E-state index in [2.05, 4.69) is 4.98 Å². The van der Waals surface area contributed by atoms with Crippen LogP contribution in [0.15, 0.2) is 36.5 Å². The van der Waals surface area contributed by atoms with E-state index >= 15 is 0 Å². The predicted molar refractivity (Wildman–Crippen MR) is 78.5 cm³/mol. The van der Waals surface area contributed by atoms with Crippen LogP contribution in [0.2, 0.25) is 0 Å². The molecule has 0 unspecified atom stereocenters. The van der Waals surface area contributed by atoms with Gasteiger partial charge in [0.2, 0.25) is 0 Å². The summed E-state index contributed by atoms with van der Waals surface area (Å²) in [5, 5.41) is 0.953. The molecule has 0 saturated carbocycles. The molecule has 21 heavy (non-hydrogen) atoms. The first-order chi connectivity index (χ1) is 10.2. The van der Waals surface area contributed by atoms with E-state index in [1.807, 2.05) is 30.3 Å². The third-order valence-electron chi connectivity index (χ3n) is 2.59. The van der Waals surface area contributed by atoms with E-state index in [1.165, 1.54) is 0 Å². The van der Waals surface area contributed by atoms with E-state index in [9.17, 15) is 4.57 Å². The topological polar surface area (TPSA) is 66.9 Å². The molecule has 0 bridgehead atoms. The Bertz CT molecular complexity index is 622. The van der Waals surface area contributed by atoms with Gasteiger partial charge in [0.1, 0.15) is 0 Å². The Morgan fingerprint density at radius 1 is 1.10 bits per heavy atom. The van der Waals surface area contributed by atoms with Crippen LogP contribution in [-0.4, -0.2) is 18.2 Å². The van der Waals surface area contributed by atoms with Gasteiger partial charge in [-0.15, -0.1) is 9.35 Å². The molecule has 0 aliphatic carbocycles. The second kappa shape index (κ2) is 7.64. The van der Waals surface area contributed by atoms with Crippen molar-refractivity contribution in [1.29, 1.82) is 0 Å². The van der Waals surface area contributed by atoms with Gasteiger partial charge >= 0.3 is 7.60 Å². The van der Waals surface area contributed by atoms with Crippen molar-refractivity contribution in [2.45, 2.75) is 20.0 Å². The molecule has 0 spiro atoms. The van der Waals surface area contributed by atoms with Crippen molar-refractivity contribution in [3.8, 4) is 0 Å². The molecule has 1 aromatic heterocycles. The summed E-state index contributed by atoms with van der Waals surface area (Å²) in [6, 6.07) is 9.56. The van der Waals surface area contributed by atoms with Crippen LogP contribution in [0, 0.1) is 0 Å². The van der Waals surface area contributed by atoms with Crippen molar-refractivity contribution < 1.29 is 23.7 Å². The van der Waals surface area contributed by atoms with Crippen LogP contribution in [-0.2, 0) is 29.9 Å². The minimum absolute atomic E-state index is 0.0187. The van der Waals surface area contributed by atoms with Gasteiger partial charge in [0, 0.05) is 11.6 Å². The van der Waals surface area contributed by atoms with Gasteiger partial charge in [0.15, 0.2) is 0 Å². The minimum atomic E-state index is -3.54. The summed E-state index contributed by atoms with van der Waals surface area (Å²) in [6.45, 7) is 3.97. The zero-order valence-electron chi connectivity index (χ0n) is 12.0. The molecule has 7 heteroatoms. The van der Waals surface area contributed by atoms with Crippen LogP contribution in [0.3, 0.4) is 0 Å². The molecule has 0 aliphatic rings. The SMILES string of the molecule is CCOOP(=O)(Cc1cnc2ccccc2c1)OOCC. The largest absolute Gasteiger partial charge is 0.388 e. The Kier molecular flexibility index (Phi) is 5.85. The Hall–Kier alpha value is -1.30. The van der Waals surface area contributed by atoms with Gasteiger partial charge in [-0.25, -0.2) is 9.78 Å². The Balaban J connectivity index is 2.18. The molecule has 0 atom stereocenters. The molecular formula is C14H18NO5P. The maximum atomic E-state index is 12.5. The Labute approximate surface area is 123 Å². The van der Waals surface area contributed by atoms with Crippen molar-refractivity contribution in [3.05, 3.63) is 42.1 Å². The molecule has 0 aliphatic heterocycles. The maximum Gasteiger partial charge on any atom is 0.388 e. The van der Waals surface area contributed by atoms with Crippen molar-refractivity contribution in [3.63, 3.8) is 0 Å². The number of fused-ring (bicyclic) bond motifs is 1. The lowest BCUT2D eigenvalue weighted by molar-refractivity contribution is -0.263. The number of hydrogen-bond acceptors (Lipinski definition) is 6. The fourth-order valence-electron chi connectivity index (χ4n) is 1.76. The zero-order valence-corrected chi connectivity index (χ0v) is 12.9. The number of rotatable bonds is 8. The first kappa shape index (κ1) is 16.1. The van der Waals surface area contributed by atoms with Gasteiger partial charge < -0.3 is 0 Å². The van der Waals surface area contributed by atoms with Gasteiger partial charge in [-0.3, -0.25) is 9.55 Å². The van der Waals surface area contributed by atoms with Crippen LogP contribution < -0.4 is 0 Å². The quantitative estimate of drug-likeness (QED) is 0.419. The van der Waals surface area contributed by atoms with Crippen LogP contribution >= 0.6 is 7.60 Å². The zero-order chi connectivity index (χ0) is 15.1. The van der Waals surface area contributed by atoms with E-state index in [1.54, 1.807) is 20.0 Å². The number of hydrogen-bond donors (Lipinski definition) is 0. The molecule has 0 fully saturated rings. The second-order valence-electron chi connectivity index (χ2n) is 4.27. The average molecular weight is 311 g/mol. The van der Waals surface area contributed by atoms with Crippen LogP contribution in [0.5, 0.6) is 0 Å². The summed E-state index contributed by atoms with van der Waals surface area (Å²) in [5.74, 6) is 0. The highest BCUT2D eigenvalue weighted by Gasteiger charge is 2.28. The number of para-hydroxylation sites is 1.